The summed E-state index contributed by atoms with van der Waals surface area (Å²) in [5.74, 6) is 0.221. The van der Waals surface area contributed by atoms with Gasteiger partial charge in [-0.15, -0.1) is 10.2 Å². The Morgan fingerprint density at radius 2 is 1.75 bits per heavy atom. The van der Waals surface area contributed by atoms with Crippen LogP contribution in [0, 0.1) is 5.82 Å². The van der Waals surface area contributed by atoms with Crippen LogP contribution >= 0.6 is 11.6 Å². The van der Waals surface area contributed by atoms with Crippen molar-refractivity contribution in [3.63, 3.8) is 0 Å². The topological polar surface area (TPSA) is 90.0 Å². The molecule has 0 aliphatic rings. The monoisotopic (exact) mass is 524 g/mol. The highest BCUT2D eigenvalue weighted by Crippen LogP contribution is 2.41. The predicted molar refractivity (Wildman–Crippen MR) is 138 cm³/mol. The Labute approximate surface area is 212 Å². The maximum Gasteiger partial charge on any atom is 0.247 e. The number of nitrogens with one attached hydrogen (secondary N) is 1. The first kappa shape index (κ1) is 24.0. The zero-order chi connectivity index (χ0) is 25.5. The zero-order valence-electron chi connectivity index (χ0n) is 19.4. The van der Waals surface area contributed by atoms with Crippen molar-refractivity contribution in [1.82, 2.24) is 14.8 Å². The molecule has 1 atom stereocenters. The molecule has 0 saturated carbocycles. The summed E-state index contributed by atoms with van der Waals surface area (Å²) in [7, 11) is -3.48. The van der Waals surface area contributed by atoms with Gasteiger partial charge in [-0.2, -0.15) is 0 Å². The third-order valence-electron chi connectivity index (χ3n) is 6.14. The molecule has 0 radical (unpaired) electrons. The van der Waals surface area contributed by atoms with Gasteiger partial charge < -0.3 is 8.98 Å². The van der Waals surface area contributed by atoms with Crippen molar-refractivity contribution in [1.29, 1.82) is 0 Å². The van der Waals surface area contributed by atoms with E-state index in [-0.39, 0.29) is 11.7 Å². The van der Waals surface area contributed by atoms with E-state index in [1.165, 1.54) is 12.1 Å². The molecular formula is C26H22ClFN4O3S. The number of benzene rings is 3. The first-order chi connectivity index (χ1) is 17.2. The minimum absolute atomic E-state index is 0.257. The molecule has 5 aromatic rings. The van der Waals surface area contributed by atoms with E-state index < -0.39 is 15.6 Å². The van der Waals surface area contributed by atoms with E-state index in [0.717, 1.165) is 17.3 Å². The maximum atomic E-state index is 13.5. The van der Waals surface area contributed by atoms with Crippen LogP contribution in [0.3, 0.4) is 0 Å². The normalized spacial score (nSPS) is 13.6. The number of halogens is 2. The molecule has 0 amide bonds. The fraction of sp³-hybridized carbons (Fsp3) is 0.154. The Morgan fingerprint density at radius 1 is 1.03 bits per heavy atom. The van der Waals surface area contributed by atoms with Gasteiger partial charge in [-0.05, 0) is 66.6 Å². The van der Waals surface area contributed by atoms with Crippen molar-refractivity contribution in [2.75, 3.05) is 11.0 Å². The van der Waals surface area contributed by atoms with Crippen LogP contribution in [0.4, 0.5) is 10.1 Å². The summed E-state index contributed by atoms with van der Waals surface area (Å²) in [6.45, 7) is 2.00. The molecule has 1 unspecified atom stereocenters. The van der Waals surface area contributed by atoms with Crippen molar-refractivity contribution < 1.29 is 17.2 Å². The van der Waals surface area contributed by atoms with Gasteiger partial charge in [0.25, 0.3) is 0 Å². The van der Waals surface area contributed by atoms with Gasteiger partial charge in [0.15, 0.2) is 0 Å². The summed E-state index contributed by atoms with van der Waals surface area (Å²) in [5, 5.41) is 9.98. The molecule has 10 heteroatoms. The van der Waals surface area contributed by atoms with Gasteiger partial charge in [-0.3, -0.25) is 4.72 Å². The second kappa shape index (κ2) is 9.07. The molecule has 0 aliphatic heterocycles. The first-order valence-corrected chi connectivity index (χ1v) is 13.4. The van der Waals surface area contributed by atoms with Gasteiger partial charge in [0, 0.05) is 22.2 Å². The van der Waals surface area contributed by atoms with Crippen LogP contribution in [0.5, 0.6) is 0 Å². The molecule has 1 N–H and O–H groups in total. The SMILES string of the molecule is CCC(c1ccc(Cl)cc1)(c1nnc(-c2ccc(F)cc2)o1)n1ccc2c(NS(C)(=O)=O)cccc21. The number of anilines is 1. The summed E-state index contributed by atoms with van der Waals surface area (Å²) < 4.78 is 48.2. The largest absolute Gasteiger partial charge is 0.418 e. The Bertz CT molecular complexity index is 1650. The Morgan fingerprint density at radius 3 is 2.42 bits per heavy atom. The number of sulfonamides is 1. The van der Waals surface area contributed by atoms with Crippen molar-refractivity contribution in [3.05, 3.63) is 101 Å². The molecular weight excluding hydrogens is 503 g/mol. The van der Waals surface area contributed by atoms with Gasteiger partial charge in [0.2, 0.25) is 21.8 Å². The highest BCUT2D eigenvalue weighted by molar-refractivity contribution is 7.92. The van der Waals surface area contributed by atoms with Crippen LogP contribution < -0.4 is 4.72 Å². The molecule has 0 bridgehead atoms. The van der Waals surface area contributed by atoms with E-state index in [2.05, 4.69) is 14.9 Å². The number of hydrogen-bond donors (Lipinski definition) is 1. The molecule has 2 aromatic heterocycles. The minimum atomic E-state index is -3.48. The summed E-state index contributed by atoms with van der Waals surface area (Å²) in [6, 6.07) is 20.5. The van der Waals surface area contributed by atoms with Gasteiger partial charge in [-0.25, -0.2) is 12.8 Å². The van der Waals surface area contributed by atoms with Gasteiger partial charge in [-0.1, -0.05) is 36.7 Å². The Kier molecular flexibility index (Phi) is 6.05. The van der Waals surface area contributed by atoms with Crippen LogP contribution in [0.15, 0.2) is 83.4 Å². The zero-order valence-corrected chi connectivity index (χ0v) is 21.0. The first-order valence-electron chi connectivity index (χ1n) is 11.2. The second-order valence-corrected chi connectivity index (χ2v) is 10.6. The molecule has 0 spiro atoms. The van der Waals surface area contributed by atoms with Crippen molar-refractivity contribution >= 4 is 38.2 Å². The number of fused-ring (bicyclic) bond motifs is 1. The maximum absolute atomic E-state index is 13.5. The van der Waals surface area contributed by atoms with E-state index in [9.17, 15) is 12.8 Å². The number of nitrogens with zero attached hydrogens (tertiary/aromatic N) is 3. The summed E-state index contributed by atoms with van der Waals surface area (Å²) in [5.41, 5.74) is 1.73. The minimum Gasteiger partial charge on any atom is -0.418 e. The lowest BCUT2D eigenvalue weighted by molar-refractivity contribution is 0.325. The fourth-order valence-corrected chi connectivity index (χ4v) is 5.21. The van der Waals surface area contributed by atoms with E-state index in [1.54, 1.807) is 36.4 Å². The lowest BCUT2D eigenvalue weighted by atomic mass is 9.86. The Balaban J connectivity index is 1.75. The van der Waals surface area contributed by atoms with Crippen molar-refractivity contribution in [2.24, 2.45) is 0 Å². The summed E-state index contributed by atoms with van der Waals surface area (Å²) in [6.07, 6.45) is 3.51. The van der Waals surface area contributed by atoms with Crippen LogP contribution in [0.25, 0.3) is 22.4 Å². The Hall–Kier alpha value is -3.69. The number of aromatic nitrogens is 3. The van der Waals surface area contributed by atoms with Crippen molar-refractivity contribution in [3.8, 4) is 11.5 Å². The smallest absolute Gasteiger partial charge is 0.247 e. The molecule has 0 aliphatic carbocycles. The summed E-state index contributed by atoms with van der Waals surface area (Å²) in [4.78, 5) is 0. The van der Waals surface area contributed by atoms with E-state index in [0.29, 0.717) is 34.0 Å². The van der Waals surface area contributed by atoms with Gasteiger partial charge >= 0.3 is 0 Å². The van der Waals surface area contributed by atoms with Crippen LogP contribution in [0.2, 0.25) is 5.02 Å². The summed E-state index contributed by atoms with van der Waals surface area (Å²) >= 11 is 6.20. The van der Waals surface area contributed by atoms with E-state index in [4.69, 9.17) is 16.0 Å². The molecule has 184 valence electrons. The highest BCUT2D eigenvalue weighted by atomic mass is 35.5. The van der Waals surface area contributed by atoms with Gasteiger partial charge in [0.05, 0.1) is 17.5 Å². The lowest BCUT2D eigenvalue weighted by Crippen LogP contribution is -2.35. The lowest BCUT2D eigenvalue weighted by Gasteiger charge is -2.33. The average molecular weight is 525 g/mol. The quantitative estimate of drug-likeness (QED) is 0.279. The number of hydrogen-bond acceptors (Lipinski definition) is 5. The fourth-order valence-electron chi connectivity index (χ4n) is 4.51. The molecule has 0 fully saturated rings. The van der Waals surface area contributed by atoms with Gasteiger partial charge in [0.1, 0.15) is 11.4 Å². The predicted octanol–water partition coefficient (Wildman–Crippen LogP) is 6.06. The second-order valence-electron chi connectivity index (χ2n) is 8.44. The molecule has 5 rings (SSSR count). The van der Waals surface area contributed by atoms with E-state index in [1.807, 2.05) is 42.0 Å². The van der Waals surface area contributed by atoms with Crippen LogP contribution in [-0.4, -0.2) is 29.4 Å². The standard InChI is InChI=1S/C26H22ClFN4O3S/c1-3-26(18-9-11-19(27)12-10-18,25-30-29-24(35-25)17-7-13-20(28)14-8-17)32-16-15-21-22(31-36(2,33)34)5-4-6-23(21)32/h4-16,31H,3H2,1-2H3. The third-order valence-corrected chi connectivity index (χ3v) is 6.99. The van der Waals surface area contributed by atoms with Crippen LogP contribution in [0.1, 0.15) is 24.8 Å². The number of rotatable bonds is 7. The molecule has 0 saturated heterocycles. The molecule has 3 aromatic carbocycles. The third kappa shape index (κ3) is 4.25. The average Bonchev–Trinajstić information content (AvgIpc) is 3.50. The van der Waals surface area contributed by atoms with E-state index >= 15 is 0 Å². The van der Waals surface area contributed by atoms with Crippen LogP contribution in [-0.2, 0) is 15.6 Å². The molecule has 7 nitrogen and oxygen atoms in total. The molecule has 36 heavy (non-hydrogen) atoms. The molecule has 2 heterocycles. The highest BCUT2D eigenvalue weighted by Gasteiger charge is 2.41. The van der Waals surface area contributed by atoms with Crippen molar-refractivity contribution in [2.45, 2.75) is 18.9 Å².